The fourth-order valence-electron chi connectivity index (χ4n) is 2.19. The molecule has 3 aromatic heterocycles. The molecule has 25 heavy (non-hydrogen) atoms. The molecule has 1 amide bonds. The maximum absolute atomic E-state index is 12.5. The van der Waals surface area contributed by atoms with Gasteiger partial charge < -0.3 is 5.32 Å². The molecule has 0 aliphatic rings. The summed E-state index contributed by atoms with van der Waals surface area (Å²) in [6.45, 7) is 6.46. The van der Waals surface area contributed by atoms with Crippen LogP contribution in [0.1, 0.15) is 31.7 Å². The van der Waals surface area contributed by atoms with Crippen molar-refractivity contribution in [1.82, 2.24) is 30.0 Å². The third-order valence-electron chi connectivity index (χ3n) is 3.45. The predicted molar refractivity (Wildman–Crippen MR) is 97.8 cm³/mol. The lowest BCUT2D eigenvalue weighted by Gasteiger charge is -2.14. The number of nitrogens with zero attached hydrogens (tertiary/aromatic N) is 6. The Hall–Kier alpha value is -2.20. The zero-order valence-electron chi connectivity index (χ0n) is 14.2. The molecular weight excluding hydrogens is 358 g/mol. The summed E-state index contributed by atoms with van der Waals surface area (Å²) in [6, 6.07) is 5.98. The molecule has 0 aliphatic heterocycles. The summed E-state index contributed by atoms with van der Waals surface area (Å²) in [7, 11) is 0. The molecule has 3 aromatic rings. The molecule has 3 heterocycles. The third kappa shape index (κ3) is 4.26. The number of carbonyl (C=O) groups is 1. The highest BCUT2D eigenvalue weighted by atomic mass is 32.2. The molecule has 1 N–H and O–H groups in total. The van der Waals surface area contributed by atoms with Crippen molar-refractivity contribution in [2.75, 3.05) is 5.32 Å². The number of tetrazole rings is 1. The molecule has 0 aromatic carbocycles. The zero-order chi connectivity index (χ0) is 17.8. The van der Waals surface area contributed by atoms with E-state index in [-0.39, 0.29) is 17.2 Å². The Labute approximate surface area is 153 Å². The van der Waals surface area contributed by atoms with E-state index in [1.54, 1.807) is 33.0 Å². The molecule has 8 nitrogen and oxygen atoms in total. The Kier molecular flexibility index (Phi) is 5.49. The predicted octanol–water partition coefficient (Wildman–Crippen LogP) is 2.68. The minimum absolute atomic E-state index is 0.113. The number of nitrogens with one attached hydrogen (secondary N) is 1. The van der Waals surface area contributed by atoms with Gasteiger partial charge in [0.05, 0.1) is 18.0 Å². The number of thioether (sulfide) groups is 1. The molecule has 0 aliphatic carbocycles. The summed E-state index contributed by atoms with van der Waals surface area (Å²) in [5.41, 5.74) is 0. The van der Waals surface area contributed by atoms with E-state index >= 15 is 0 Å². The molecule has 0 radical (unpaired) electrons. The fraction of sp³-hybridized carbons (Fsp3) is 0.400. The topological polar surface area (TPSA) is 90.5 Å². The minimum atomic E-state index is -0.344. The number of thiophene rings is 1. The lowest BCUT2D eigenvalue weighted by Crippen LogP contribution is -2.25. The van der Waals surface area contributed by atoms with Gasteiger partial charge in [-0.05, 0) is 42.6 Å². The maximum Gasteiger partial charge on any atom is 0.238 e. The van der Waals surface area contributed by atoms with Crippen molar-refractivity contribution in [2.45, 2.75) is 43.8 Å². The number of carbonyl (C=O) groups excluding carboxylic acids is 1. The molecule has 0 bridgehead atoms. The third-order valence-corrected chi connectivity index (χ3v) is 5.38. The molecule has 1 atom stereocenters. The molecule has 0 saturated carbocycles. The Bertz CT molecular complexity index is 825. The van der Waals surface area contributed by atoms with Gasteiger partial charge in [-0.3, -0.25) is 4.79 Å². The van der Waals surface area contributed by atoms with Crippen LogP contribution < -0.4 is 5.32 Å². The fourth-order valence-corrected chi connectivity index (χ4v) is 3.67. The number of anilines is 1. The van der Waals surface area contributed by atoms with Crippen molar-refractivity contribution in [3.05, 3.63) is 34.7 Å². The van der Waals surface area contributed by atoms with Crippen LogP contribution in [0.15, 0.2) is 34.9 Å². The molecule has 3 rings (SSSR count). The van der Waals surface area contributed by atoms with Gasteiger partial charge in [-0.2, -0.15) is 5.10 Å². The van der Waals surface area contributed by atoms with E-state index in [2.05, 4.69) is 25.9 Å². The van der Waals surface area contributed by atoms with Crippen LogP contribution in [0.5, 0.6) is 0 Å². The normalized spacial score (nSPS) is 12.5. The number of rotatable bonds is 7. The van der Waals surface area contributed by atoms with Crippen LogP contribution in [0.3, 0.4) is 0 Å². The summed E-state index contributed by atoms with van der Waals surface area (Å²) in [6.07, 6.45) is 1.68. The first kappa shape index (κ1) is 17.6. The number of amides is 1. The second-order valence-corrected chi connectivity index (χ2v) is 8.04. The minimum Gasteiger partial charge on any atom is -0.310 e. The van der Waals surface area contributed by atoms with Gasteiger partial charge in [-0.15, -0.1) is 16.4 Å². The van der Waals surface area contributed by atoms with Crippen molar-refractivity contribution in [3.63, 3.8) is 0 Å². The largest absolute Gasteiger partial charge is 0.310 e. The Morgan fingerprint density at radius 1 is 1.36 bits per heavy atom. The van der Waals surface area contributed by atoms with Gasteiger partial charge in [-0.25, -0.2) is 9.36 Å². The summed E-state index contributed by atoms with van der Waals surface area (Å²) in [5.74, 6) is 0.573. The highest BCUT2D eigenvalue weighted by molar-refractivity contribution is 8.00. The monoisotopic (exact) mass is 377 g/mol. The van der Waals surface area contributed by atoms with Gasteiger partial charge in [0, 0.05) is 17.0 Å². The van der Waals surface area contributed by atoms with Crippen molar-refractivity contribution in [2.24, 2.45) is 0 Å². The van der Waals surface area contributed by atoms with Crippen LogP contribution in [0.4, 0.5) is 5.82 Å². The zero-order valence-corrected chi connectivity index (χ0v) is 15.8. The summed E-state index contributed by atoms with van der Waals surface area (Å²) < 4.78 is 3.48. The van der Waals surface area contributed by atoms with E-state index < -0.39 is 0 Å². The molecule has 1 unspecified atom stereocenters. The quantitative estimate of drug-likeness (QED) is 0.637. The van der Waals surface area contributed by atoms with E-state index in [0.29, 0.717) is 17.5 Å². The number of hydrogen-bond donors (Lipinski definition) is 1. The number of hydrogen-bond acceptors (Lipinski definition) is 7. The van der Waals surface area contributed by atoms with Gasteiger partial charge in [0.15, 0.2) is 0 Å². The van der Waals surface area contributed by atoms with Crippen molar-refractivity contribution in [1.29, 1.82) is 0 Å². The van der Waals surface area contributed by atoms with Gasteiger partial charge >= 0.3 is 0 Å². The molecule has 132 valence electrons. The van der Waals surface area contributed by atoms with Crippen molar-refractivity contribution in [3.8, 4) is 0 Å². The Balaban J connectivity index is 1.64. The maximum atomic E-state index is 12.5. The van der Waals surface area contributed by atoms with Crippen molar-refractivity contribution < 1.29 is 4.79 Å². The second kappa shape index (κ2) is 7.79. The smallest absolute Gasteiger partial charge is 0.238 e. The molecule has 0 spiro atoms. The molecule has 0 saturated heterocycles. The van der Waals surface area contributed by atoms with Crippen LogP contribution >= 0.6 is 23.1 Å². The standard InChI is InChI=1S/C15H19N7OS2/c1-10(2)22-13(6-7-16-22)17-14(23)11(3)25-15-18-19-20-21(15)9-12-5-4-8-24-12/h4-8,10-11H,9H2,1-3H3,(H,17,23). The van der Waals surface area contributed by atoms with Gasteiger partial charge in [0.2, 0.25) is 11.1 Å². The van der Waals surface area contributed by atoms with Crippen LogP contribution in [-0.2, 0) is 11.3 Å². The van der Waals surface area contributed by atoms with Gasteiger partial charge in [0.25, 0.3) is 0 Å². The molecule has 10 heteroatoms. The lowest BCUT2D eigenvalue weighted by atomic mass is 10.4. The van der Waals surface area contributed by atoms with Gasteiger partial charge in [-0.1, -0.05) is 17.8 Å². The van der Waals surface area contributed by atoms with E-state index in [1.807, 2.05) is 38.3 Å². The summed E-state index contributed by atoms with van der Waals surface area (Å²) in [5, 5.41) is 21.2. The first-order valence-corrected chi connectivity index (χ1v) is 9.60. The average Bonchev–Trinajstić information content (AvgIpc) is 3.30. The van der Waals surface area contributed by atoms with Crippen LogP contribution in [0.25, 0.3) is 0 Å². The molecular formula is C15H19N7OS2. The highest BCUT2D eigenvalue weighted by Gasteiger charge is 2.20. The average molecular weight is 377 g/mol. The van der Waals surface area contributed by atoms with Crippen molar-refractivity contribution >= 4 is 34.8 Å². The SMILES string of the molecule is CC(Sc1nnnn1Cc1cccs1)C(=O)Nc1ccnn1C(C)C. The highest BCUT2D eigenvalue weighted by Crippen LogP contribution is 2.23. The van der Waals surface area contributed by atoms with E-state index in [1.165, 1.54) is 11.8 Å². The Morgan fingerprint density at radius 3 is 2.92 bits per heavy atom. The van der Waals surface area contributed by atoms with Crippen LogP contribution in [-0.4, -0.2) is 41.1 Å². The second-order valence-electron chi connectivity index (χ2n) is 5.70. The van der Waals surface area contributed by atoms with E-state index in [9.17, 15) is 4.79 Å². The van der Waals surface area contributed by atoms with Crippen LogP contribution in [0.2, 0.25) is 0 Å². The van der Waals surface area contributed by atoms with E-state index in [4.69, 9.17) is 0 Å². The van der Waals surface area contributed by atoms with Crippen LogP contribution in [0, 0.1) is 0 Å². The van der Waals surface area contributed by atoms with E-state index in [0.717, 1.165) is 4.88 Å². The first-order valence-electron chi connectivity index (χ1n) is 7.84. The number of aromatic nitrogens is 6. The van der Waals surface area contributed by atoms with Gasteiger partial charge in [0.1, 0.15) is 5.82 Å². The summed E-state index contributed by atoms with van der Waals surface area (Å²) >= 11 is 2.98. The first-order chi connectivity index (χ1) is 12.0. The lowest BCUT2D eigenvalue weighted by molar-refractivity contribution is -0.115. The molecule has 0 fully saturated rings. The summed E-state index contributed by atoms with van der Waals surface area (Å²) in [4.78, 5) is 13.7. The Morgan fingerprint density at radius 2 is 2.20 bits per heavy atom.